The van der Waals surface area contributed by atoms with Crippen LogP contribution in [0.3, 0.4) is 0 Å². The Morgan fingerprint density at radius 3 is 2.52 bits per heavy atom. The zero-order valence-corrected chi connectivity index (χ0v) is 12.8. The lowest BCUT2D eigenvalue weighted by atomic mass is 10.2. The van der Waals surface area contributed by atoms with Crippen molar-refractivity contribution in [2.75, 3.05) is 6.54 Å². The molecule has 6 nitrogen and oxygen atoms in total. The third kappa shape index (κ3) is 4.35. The third-order valence-electron chi connectivity index (χ3n) is 3.12. The Morgan fingerprint density at radius 1 is 1.26 bits per heavy atom. The molecule has 0 fully saturated rings. The fourth-order valence-corrected chi connectivity index (χ4v) is 2.60. The zero-order chi connectivity index (χ0) is 16.9. The lowest BCUT2D eigenvalue weighted by Gasteiger charge is -2.07. The van der Waals surface area contributed by atoms with Gasteiger partial charge in [-0.3, -0.25) is 4.79 Å². The number of aryl methyl sites for hydroxylation is 1. The number of alkyl halides is 2. The smallest absolute Gasteiger partial charge is 0.341 e. The van der Waals surface area contributed by atoms with Gasteiger partial charge in [0.15, 0.2) is 0 Å². The number of carbonyl (C=O) groups excluding carboxylic acids is 1. The van der Waals surface area contributed by atoms with Crippen molar-refractivity contribution in [1.29, 1.82) is 0 Å². The van der Waals surface area contributed by atoms with Gasteiger partial charge in [-0.05, 0) is 30.7 Å². The van der Waals surface area contributed by atoms with E-state index in [-0.39, 0.29) is 5.56 Å². The first-order valence-electron chi connectivity index (χ1n) is 6.77. The van der Waals surface area contributed by atoms with Crippen molar-refractivity contribution in [3.63, 3.8) is 0 Å². The largest absolute Gasteiger partial charge is 0.352 e. The van der Waals surface area contributed by atoms with Crippen LogP contribution < -0.4 is 5.32 Å². The normalized spacial score (nSPS) is 11.6. The van der Waals surface area contributed by atoms with Crippen LogP contribution in [0.15, 0.2) is 47.9 Å². The Balaban J connectivity index is 1.88. The fraction of sp³-hybridized carbons (Fsp3) is 0.286. The summed E-state index contributed by atoms with van der Waals surface area (Å²) in [6, 6.07) is 4.42. The topological polar surface area (TPSA) is 81.1 Å². The van der Waals surface area contributed by atoms with Crippen LogP contribution in [0.4, 0.5) is 8.78 Å². The van der Waals surface area contributed by atoms with Gasteiger partial charge in [-0.15, -0.1) is 0 Å². The number of hydrogen-bond donors (Lipinski definition) is 1. The molecular weight excluding hydrogens is 328 g/mol. The van der Waals surface area contributed by atoms with E-state index in [1.54, 1.807) is 12.5 Å². The predicted octanol–water partition coefficient (Wildman–Crippen LogP) is 1.70. The highest BCUT2D eigenvalue weighted by atomic mass is 32.2. The molecule has 2 aromatic rings. The average molecular weight is 343 g/mol. The number of sulfone groups is 1. The Morgan fingerprint density at radius 2 is 1.96 bits per heavy atom. The predicted molar refractivity (Wildman–Crippen MR) is 78.8 cm³/mol. The maximum atomic E-state index is 12.4. The number of rotatable bonds is 7. The van der Waals surface area contributed by atoms with Crippen molar-refractivity contribution < 1.29 is 22.0 Å². The molecule has 9 heteroatoms. The molecule has 1 amide bonds. The number of carbonyl (C=O) groups is 1. The summed E-state index contributed by atoms with van der Waals surface area (Å²) >= 11 is 0. The molecule has 0 aliphatic heterocycles. The molecule has 0 aliphatic carbocycles. The second-order valence-electron chi connectivity index (χ2n) is 4.74. The van der Waals surface area contributed by atoms with Crippen LogP contribution in [-0.2, 0) is 16.4 Å². The first-order chi connectivity index (χ1) is 10.9. The molecule has 23 heavy (non-hydrogen) atoms. The summed E-state index contributed by atoms with van der Waals surface area (Å²) in [4.78, 5) is 15.3. The van der Waals surface area contributed by atoms with Gasteiger partial charge in [0.1, 0.15) is 0 Å². The van der Waals surface area contributed by atoms with Crippen molar-refractivity contribution in [1.82, 2.24) is 14.9 Å². The molecule has 2 rings (SSSR count). The number of aromatic nitrogens is 2. The van der Waals surface area contributed by atoms with E-state index < -0.39 is 26.4 Å². The lowest BCUT2D eigenvalue weighted by molar-refractivity contribution is 0.0952. The van der Waals surface area contributed by atoms with Crippen LogP contribution in [0.25, 0.3) is 0 Å². The van der Waals surface area contributed by atoms with Crippen molar-refractivity contribution in [2.45, 2.75) is 23.6 Å². The van der Waals surface area contributed by atoms with Crippen LogP contribution in [0.2, 0.25) is 0 Å². The van der Waals surface area contributed by atoms with Gasteiger partial charge in [0, 0.05) is 31.0 Å². The highest BCUT2D eigenvalue weighted by Gasteiger charge is 2.26. The summed E-state index contributed by atoms with van der Waals surface area (Å²) in [5, 5.41) is 2.67. The number of hydrogen-bond acceptors (Lipinski definition) is 4. The van der Waals surface area contributed by atoms with Crippen LogP contribution in [0, 0.1) is 0 Å². The Labute approximate surface area is 132 Å². The maximum absolute atomic E-state index is 12.4. The highest BCUT2D eigenvalue weighted by Crippen LogP contribution is 2.18. The first kappa shape index (κ1) is 17.1. The van der Waals surface area contributed by atoms with Crippen molar-refractivity contribution >= 4 is 15.7 Å². The molecule has 0 radical (unpaired) electrons. The van der Waals surface area contributed by atoms with Crippen LogP contribution in [0.1, 0.15) is 16.8 Å². The second kappa shape index (κ2) is 7.32. The zero-order valence-electron chi connectivity index (χ0n) is 12.0. The number of nitrogens with zero attached hydrogens (tertiary/aromatic N) is 2. The molecular formula is C14H15F2N3O3S. The first-order valence-corrected chi connectivity index (χ1v) is 8.32. The number of halogens is 2. The summed E-state index contributed by atoms with van der Waals surface area (Å²) < 4.78 is 49.2. The highest BCUT2D eigenvalue weighted by molar-refractivity contribution is 7.91. The number of imidazole rings is 1. The molecule has 1 aromatic carbocycles. The molecule has 0 atom stereocenters. The molecule has 1 heterocycles. The van der Waals surface area contributed by atoms with Gasteiger partial charge in [0.25, 0.3) is 5.91 Å². The van der Waals surface area contributed by atoms with Gasteiger partial charge in [0.05, 0.1) is 11.2 Å². The van der Waals surface area contributed by atoms with Crippen molar-refractivity contribution in [3.05, 3.63) is 48.5 Å². The van der Waals surface area contributed by atoms with E-state index in [2.05, 4.69) is 10.3 Å². The molecule has 0 aliphatic rings. The van der Waals surface area contributed by atoms with Gasteiger partial charge in [-0.25, -0.2) is 13.4 Å². The minimum absolute atomic E-state index is 0.209. The number of benzene rings is 1. The van der Waals surface area contributed by atoms with Gasteiger partial charge in [-0.1, -0.05) is 0 Å². The van der Waals surface area contributed by atoms with E-state index in [0.717, 1.165) is 12.1 Å². The molecule has 1 aromatic heterocycles. The van der Waals surface area contributed by atoms with E-state index in [1.165, 1.54) is 12.1 Å². The van der Waals surface area contributed by atoms with Gasteiger partial charge in [0.2, 0.25) is 9.84 Å². The minimum atomic E-state index is -4.64. The third-order valence-corrected chi connectivity index (χ3v) is 4.52. The van der Waals surface area contributed by atoms with E-state index in [9.17, 15) is 22.0 Å². The van der Waals surface area contributed by atoms with E-state index in [4.69, 9.17) is 0 Å². The summed E-state index contributed by atoms with van der Waals surface area (Å²) in [5.74, 6) is -3.87. The molecule has 1 N–H and O–H groups in total. The summed E-state index contributed by atoms with van der Waals surface area (Å²) in [5.41, 5.74) is 0.209. The summed E-state index contributed by atoms with van der Waals surface area (Å²) in [7, 11) is -4.64. The van der Waals surface area contributed by atoms with Crippen molar-refractivity contribution in [3.8, 4) is 0 Å². The van der Waals surface area contributed by atoms with Crippen LogP contribution in [-0.4, -0.2) is 36.2 Å². The van der Waals surface area contributed by atoms with E-state index in [0.29, 0.717) is 19.5 Å². The Bertz CT molecular complexity index is 744. The molecule has 0 saturated carbocycles. The quantitative estimate of drug-likeness (QED) is 0.776. The second-order valence-corrected chi connectivity index (χ2v) is 6.66. The Hall–Kier alpha value is -2.29. The minimum Gasteiger partial charge on any atom is -0.352 e. The fourth-order valence-electron chi connectivity index (χ4n) is 1.88. The molecule has 0 spiro atoms. The molecule has 0 saturated heterocycles. The number of nitrogens with one attached hydrogen (secondary N) is 1. The monoisotopic (exact) mass is 343 g/mol. The van der Waals surface area contributed by atoms with E-state index in [1.807, 2.05) is 10.8 Å². The standard InChI is InChI=1S/C14H15F2N3O3S/c15-14(16)23(21,22)12-4-2-11(3-5-12)13(20)18-6-1-8-19-9-7-17-10-19/h2-5,7,9-10,14H,1,6,8H2,(H,18,20). The van der Waals surface area contributed by atoms with Crippen LogP contribution >= 0.6 is 0 Å². The SMILES string of the molecule is O=C(NCCCn1ccnc1)c1ccc(S(=O)(=O)C(F)F)cc1. The lowest BCUT2D eigenvalue weighted by Crippen LogP contribution is -2.25. The molecule has 124 valence electrons. The van der Waals surface area contributed by atoms with Crippen molar-refractivity contribution in [2.24, 2.45) is 0 Å². The average Bonchev–Trinajstić information content (AvgIpc) is 3.04. The van der Waals surface area contributed by atoms with Gasteiger partial charge in [-0.2, -0.15) is 8.78 Å². The summed E-state index contributed by atoms with van der Waals surface area (Å²) in [6.45, 7) is 1.12. The Kier molecular flexibility index (Phi) is 5.43. The molecule has 0 bridgehead atoms. The number of amides is 1. The van der Waals surface area contributed by atoms with E-state index >= 15 is 0 Å². The maximum Gasteiger partial charge on any atom is 0.341 e. The van der Waals surface area contributed by atoms with Gasteiger partial charge < -0.3 is 9.88 Å². The summed E-state index contributed by atoms with van der Waals surface area (Å²) in [6.07, 6.45) is 5.83. The molecule has 0 unspecified atom stereocenters. The van der Waals surface area contributed by atoms with Gasteiger partial charge >= 0.3 is 5.76 Å². The van der Waals surface area contributed by atoms with Crippen LogP contribution in [0.5, 0.6) is 0 Å².